The van der Waals surface area contributed by atoms with Crippen LogP contribution in [-0.4, -0.2) is 16.1 Å². The Morgan fingerprint density at radius 3 is 2.46 bits per heavy atom. The van der Waals surface area contributed by atoms with Crippen LogP contribution < -0.4 is 4.74 Å². The van der Waals surface area contributed by atoms with Gasteiger partial charge < -0.3 is 9.84 Å². The third-order valence-corrected chi connectivity index (χ3v) is 5.14. The van der Waals surface area contributed by atoms with Crippen molar-refractivity contribution in [3.05, 3.63) is 81.8 Å². The first-order valence-corrected chi connectivity index (χ1v) is 9.31. The highest BCUT2D eigenvalue weighted by Crippen LogP contribution is 2.28. The van der Waals surface area contributed by atoms with E-state index >= 15 is 0 Å². The number of aromatic nitrogens is 1. The lowest BCUT2D eigenvalue weighted by Crippen LogP contribution is -2.09. The number of benzene rings is 2. The van der Waals surface area contributed by atoms with Gasteiger partial charge in [-0.2, -0.15) is 0 Å². The minimum absolute atomic E-state index is 0.0826. The van der Waals surface area contributed by atoms with E-state index in [9.17, 15) is 9.90 Å². The lowest BCUT2D eigenvalue weighted by atomic mass is 9.97. The van der Waals surface area contributed by atoms with Crippen LogP contribution in [0.2, 0.25) is 0 Å². The average molecular weight is 367 g/mol. The van der Waals surface area contributed by atoms with Gasteiger partial charge in [0.05, 0.1) is 11.4 Å². The molecule has 0 saturated carbocycles. The Balaban J connectivity index is 1.63. The maximum atomic E-state index is 11.2. The Morgan fingerprint density at radius 2 is 1.85 bits per heavy atom. The van der Waals surface area contributed by atoms with Crippen LogP contribution in [0, 0.1) is 6.92 Å². The van der Waals surface area contributed by atoms with E-state index in [1.54, 1.807) is 17.5 Å². The summed E-state index contributed by atoms with van der Waals surface area (Å²) in [5.41, 5.74) is 2.20. The first-order valence-electron chi connectivity index (χ1n) is 8.50. The average Bonchev–Trinajstić information content (AvgIpc) is 3.07. The second kappa shape index (κ2) is 8.63. The predicted octanol–water partition coefficient (Wildman–Crippen LogP) is 4.83. The molecular formula is C21H21NO3S. The molecule has 3 aromatic rings. The number of carboxylic acid groups (broad SMARTS) is 1. The summed E-state index contributed by atoms with van der Waals surface area (Å²) in [6.07, 6.45) is 2.53. The second-order valence-corrected chi connectivity index (χ2v) is 7.49. The highest BCUT2D eigenvalue weighted by atomic mass is 32.1. The third kappa shape index (κ3) is 5.17. The van der Waals surface area contributed by atoms with Gasteiger partial charge in [-0.05, 0) is 36.6 Å². The lowest BCUT2D eigenvalue weighted by Gasteiger charge is -2.13. The molecule has 0 amide bonds. The summed E-state index contributed by atoms with van der Waals surface area (Å²) >= 11 is 1.57. The number of carbonyl (C=O) groups is 1. The van der Waals surface area contributed by atoms with Crippen LogP contribution in [-0.2, 0) is 17.8 Å². The molecule has 134 valence electrons. The van der Waals surface area contributed by atoms with E-state index in [1.165, 1.54) is 0 Å². The Labute approximate surface area is 157 Å². The molecule has 0 saturated heterocycles. The van der Waals surface area contributed by atoms with Crippen molar-refractivity contribution in [2.45, 2.75) is 32.3 Å². The predicted molar refractivity (Wildman–Crippen MR) is 103 cm³/mol. The Morgan fingerprint density at radius 1 is 1.12 bits per heavy atom. The zero-order chi connectivity index (χ0) is 18.4. The fourth-order valence-electron chi connectivity index (χ4n) is 2.77. The molecule has 1 heterocycles. The Kier molecular flexibility index (Phi) is 6.02. The van der Waals surface area contributed by atoms with Gasteiger partial charge in [0.25, 0.3) is 0 Å². The van der Waals surface area contributed by atoms with Crippen molar-refractivity contribution in [3.8, 4) is 5.75 Å². The fraction of sp³-hybridized carbons (Fsp3) is 0.238. The van der Waals surface area contributed by atoms with Crippen molar-refractivity contribution < 1.29 is 14.6 Å². The number of aryl methyl sites for hydroxylation is 1. The molecule has 1 aromatic heterocycles. The molecule has 26 heavy (non-hydrogen) atoms. The topological polar surface area (TPSA) is 59.4 Å². The highest BCUT2D eigenvalue weighted by Gasteiger charge is 2.19. The molecule has 0 aliphatic rings. The molecule has 0 radical (unpaired) electrons. The van der Waals surface area contributed by atoms with E-state index in [0.29, 0.717) is 13.0 Å². The van der Waals surface area contributed by atoms with Crippen LogP contribution in [0.5, 0.6) is 5.75 Å². The molecule has 4 nitrogen and oxygen atoms in total. The summed E-state index contributed by atoms with van der Waals surface area (Å²) in [4.78, 5) is 16.7. The summed E-state index contributed by atoms with van der Waals surface area (Å²) in [7, 11) is 0. The fourth-order valence-corrected chi connectivity index (χ4v) is 3.64. The normalized spacial score (nSPS) is 11.9. The number of ether oxygens (including phenoxy) is 1. The number of rotatable bonds is 8. The van der Waals surface area contributed by atoms with Crippen molar-refractivity contribution in [2.75, 3.05) is 0 Å². The Hall–Kier alpha value is -2.66. The molecule has 1 N–H and O–H groups in total. The van der Waals surface area contributed by atoms with Gasteiger partial charge >= 0.3 is 5.97 Å². The molecule has 0 spiro atoms. The van der Waals surface area contributed by atoms with Crippen molar-refractivity contribution in [3.63, 3.8) is 0 Å². The first kappa shape index (κ1) is 18.1. The summed E-state index contributed by atoms with van der Waals surface area (Å²) in [5, 5.41) is 10.1. The minimum Gasteiger partial charge on any atom is -0.489 e. The highest BCUT2D eigenvalue weighted by molar-refractivity contribution is 7.11. The minimum atomic E-state index is -0.800. The summed E-state index contributed by atoms with van der Waals surface area (Å²) in [5.74, 6) is -0.106. The van der Waals surface area contributed by atoms with Gasteiger partial charge in [-0.15, -0.1) is 11.3 Å². The molecule has 5 heteroatoms. The van der Waals surface area contributed by atoms with E-state index in [0.717, 1.165) is 26.8 Å². The van der Waals surface area contributed by atoms with Gasteiger partial charge in [0.1, 0.15) is 12.4 Å². The molecule has 1 unspecified atom stereocenters. The molecule has 0 aliphatic carbocycles. The van der Waals surface area contributed by atoms with Crippen molar-refractivity contribution in [1.29, 1.82) is 0 Å². The SMILES string of the molecule is Cc1cnc(C(CC(=O)O)Cc2ccc(OCc3ccccc3)cc2)s1. The zero-order valence-electron chi connectivity index (χ0n) is 14.6. The molecule has 3 rings (SSSR count). The van der Waals surface area contributed by atoms with E-state index in [1.807, 2.05) is 61.5 Å². The third-order valence-electron chi connectivity index (χ3n) is 4.06. The summed E-state index contributed by atoms with van der Waals surface area (Å²) in [6.45, 7) is 2.51. The molecule has 2 aromatic carbocycles. The van der Waals surface area contributed by atoms with Crippen LogP contribution in [0.4, 0.5) is 0 Å². The maximum absolute atomic E-state index is 11.2. The second-order valence-electron chi connectivity index (χ2n) is 6.23. The standard InChI is InChI=1S/C21H21NO3S/c1-15-13-22-21(26-15)18(12-20(23)24)11-16-7-9-19(10-8-16)25-14-17-5-3-2-4-6-17/h2-10,13,18H,11-12,14H2,1H3,(H,23,24). The maximum Gasteiger partial charge on any atom is 0.304 e. The number of nitrogens with zero attached hydrogens (tertiary/aromatic N) is 1. The van der Waals surface area contributed by atoms with Crippen LogP contribution in [0.25, 0.3) is 0 Å². The summed E-state index contributed by atoms with van der Waals surface area (Å²) < 4.78 is 5.80. The number of hydrogen-bond acceptors (Lipinski definition) is 4. The van der Waals surface area contributed by atoms with E-state index in [-0.39, 0.29) is 12.3 Å². The van der Waals surface area contributed by atoms with Gasteiger partial charge in [-0.1, -0.05) is 42.5 Å². The summed E-state index contributed by atoms with van der Waals surface area (Å²) in [6, 6.07) is 17.9. The smallest absolute Gasteiger partial charge is 0.304 e. The molecule has 0 fully saturated rings. The van der Waals surface area contributed by atoms with Gasteiger partial charge in [0, 0.05) is 17.0 Å². The molecule has 0 aliphatic heterocycles. The van der Waals surface area contributed by atoms with Gasteiger partial charge in [0.15, 0.2) is 0 Å². The lowest BCUT2D eigenvalue weighted by molar-refractivity contribution is -0.137. The van der Waals surface area contributed by atoms with E-state index in [2.05, 4.69) is 4.98 Å². The number of hydrogen-bond donors (Lipinski definition) is 1. The van der Waals surface area contributed by atoms with E-state index < -0.39 is 5.97 Å². The molecule has 1 atom stereocenters. The van der Waals surface area contributed by atoms with Crippen molar-refractivity contribution in [2.24, 2.45) is 0 Å². The number of thiazole rings is 1. The van der Waals surface area contributed by atoms with Gasteiger partial charge in [-0.3, -0.25) is 4.79 Å². The zero-order valence-corrected chi connectivity index (χ0v) is 15.4. The first-order chi connectivity index (χ1) is 12.6. The van der Waals surface area contributed by atoms with Gasteiger partial charge in [-0.25, -0.2) is 4.98 Å². The van der Waals surface area contributed by atoms with Crippen molar-refractivity contribution >= 4 is 17.3 Å². The quantitative estimate of drug-likeness (QED) is 0.619. The largest absolute Gasteiger partial charge is 0.489 e. The van der Waals surface area contributed by atoms with Crippen LogP contribution >= 0.6 is 11.3 Å². The molecular weight excluding hydrogens is 346 g/mol. The van der Waals surface area contributed by atoms with Crippen molar-refractivity contribution in [1.82, 2.24) is 4.98 Å². The van der Waals surface area contributed by atoms with Crippen LogP contribution in [0.1, 0.15) is 33.4 Å². The van der Waals surface area contributed by atoms with Crippen LogP contribution in [0.3, 0.4) is 0 Å². The van der Waals surface area contributed by atoms with E-state index in [4.69, 9.17) is 4.74 Å². The number of carboxylic acids is 1. The molecule has 0 bridgehead atoms. The number of aliphatic carboxylic acids is 1. The Bertz CT molecular complexity index is 843. The van der Waals surface area contributed by atoms with Crippen LogP contribution in [0.15, 0.2) is 60.8 Å². The monoisotopic (exact) mass is 367 g/mol. The van der Waals surface area contributed by atoms with Gasteiger partial charge in [0.2, 0.25) is 0 Å².